The first-order valence-electron chi connectivity index (χ1n) is 9.05. The fraction of sp³-hybridized carbons (Fsp3) is 0.450. The van der Waals surface area contributed by atoms with E-state index in [4.69, 9.17) is 14.2 Å². The number of nitrogens with zero attached hydrogens (tertiary/aromatic N) is 2. The Morgan fingerprint density at radius 1 is 1.04 bits per heavy atom. The molecule has 0 radical (unpaired) electrons. The molecule has 2 unspecified atom stereocenters. The maximum absolute atomic E-state index is 6.27. The van der Waals surface area contributed by atoms with Crippen molar-refractivity contribution in [2.75, 3.05) is 19.9 Å². The molecule has 1 aromatic heterocycles. The Morgan fingerprint density at radius 2 is 1.84 bits per heavy atom. The Hall–Kier alpha value is -2.27. The average Bonchev–Trinajstić information content (AvgIpc) is 3.13. The van der Waals surface area contributed by atoms with Gasteiger partial charge in [-0.1, -0.05) is 6.07 Å². The van der Waals surface area contributed by atoms with Gasteiger partial charge in [0, 0.05) is 23.9 Å². The van der Waals surface area contributed by atoms with Crippen molar-refractivity contribution in [1.82, 2.24) is 9.88 Å². The molecule has 5 nitrogen and oxygen atoms in total. The molecule has 130 valence electrons. The first kappa shape index (κ1) is 15.0. The van der Waals surface area contributed by atoms with E-state index in [0.717, 1.165) is 28.5 Å². The van der Waals surface area contributed by atoms with Crippen molar-refractivity contribution in [3.8, 4) is 28.5 Å². The van der Waals surface area contributed by atoms with Crippen LogP contribution in [0, 0.1) is 5.92 Å². The van der Waals surface area contributed by atoms with Crippen LogP contribution in [0.4, 0.5) is 0 Å². The van der Waals surface area contributed by atoms with Gasteiger partial charge in [0.15, 0.2) is 11.5 Å². The summed E-state index contributed by atoms with van der Waals surface area (Å²) in [5, 5.41) is 0. The van der Waals surface area contributed by atoms with Crippen LogP contribution in [-0.2, 0) is 0 Å². The normalized spacial score (nSPS) is 29.6. The fourth-order valence-electron chi connectivity index (χ4n) is 4.29. The summed E-state index contributed by atoms with van der Waals surface area (Å²) in [5.41, 5.74) is 2.12. The van der Waals surface area contributed by atoms with Gasteiger partial charge in [0.25, 0.3) is 0 Å². The van der Waals surface area contributed by atoms with Gasteiger partial charge in [-0.2, -0.15) is 0 Å². The van der Waals surface area contributed by atoms with E-state index in [1.54, 1.807) is 0 Å². The van der Waals surface area contributed by atoms with Crippen LogP contribution in [-0.4, -0.2) is 41.9 Å². The first-order chi connectivity index (χ1) is 12.3. The van der Waals surface area contributed by atoms with Gasteiger partial charge >= 0.3 is 0 Å². The molecule has 3 saturated heterocycles. The van der Waals surface area contributed by atoms with Gasteiger partial charge in [0.05, 0.1) is 0 Å². The van der Waals surface area contributed by atoms with E-state index in [2.05, 4.69) is 22.9 Å². The van der Waals surface area contributed by atoms with E-state index < -0.39 is 0 Å². The summed E-state index contributed by atoms with van der Waals surface area (Å²) in [4.78, 5) is 7.08. The lowest BCUT2D eigenvalue weighted by molar-refractivity contribution is -0.0525. The molecule has 0 amide bonds. The molecular formula is C20H22N2O3. The molecule has 4 aliphatic rings. The number of hydrogen-bond acceptors (Lipinski definition) is 5. The van der Waals surface area contributed by atoms with E-state index in [1.165, 1.54) is 25.9 Å². The molecule has 0 saturated carbocycles. The predicted octanol–water partition coefficient (Wildman–Crippen LogP) is 3.34. The van der Waals surface area contributed by atoms with E-state index in [0.29, 0.717) is 18.8 Å². The van der Waals surface area contributed by atoms with Crippen LogP contribution in [0.25, 0.3) is 11.1 Å². The fourth-order valence-corrected chi connectivity index (χ4v) is 4.29. The summed E-state index contributed by atoms with van der Waals surface area (Å²) in [6.45, 7) is 4.99. The highest BCUT2D eigenvalue weighted by molar-refractivity contribution is 5.67. The molecule has 3 fully saturated rings. The van der Waals surface area contributed by atoms with E-state index in [1.807, 2.05) is 30.5 Å². The van der Waals surface area contributed by atoms with Crippen LogP contribution in [0.15, 0.2) is 36.5 Å². The van der Waals surface area contributed by atoms with E-state index in [9.17, 15) is 0 Å². The Labute approximate surface area is 147 Å². The van der Waals surface area contributed by atoms with Crippen LogP contribution in [0.2, 0.25) is 0 Å². The van der Waals surface area contributed by atoms with Gasteiger partial charge < -0.3 is 14.2 Å². The number of hydrogen-bond donors (Lipinski definition) is 0. The molecule has 25 heavy (non-hydrogen) atoms. The number of fused-ring (bicyclic) bond motifs is 4. The number of ether oxygens (including phenoxy) is 3. The molecule has 2 aromatic rings. The zero-order valence-corrected chi connectivity index (χ0v) is 14.4. The maximum Gasteiger partial charge on any atom is 0.231 e. The molecule has 4 aliphatic heterocycles. The largest absolute Gasteiger partial charge is 0.472 e. The second-order valence-electron chi connectivity index (χ2n) is 7.15. The molecule has 2 bridgehead atoms. The van der Waals surface area contributed by atoms with E-state index in [-0.39, 0.29) is 6.10 Å². The summed E-state index contributed by atoms with van der Waals surface area (Å²) < 4.78 is 17.1. The molecule has 5 heteroatoms. The molecule has 0 aliphatic carbocycles. The van der Waals surface area contributed by atoms with Crippen LogP contribution in [0.5, 0.6) is 17.4 Å². The van der Waals surface area contributed by atoms with Crippen molar-refractivity contribution in [3.05, 3.63) is 36.5 Å². The van der Waals surface area contributed by atoms with Gasteiger partial charge in [-0.05, 0) is 62.5 Å². The average molecular weight is 338 g/mol. The van der Waals surface area contributed by atoms with Crippen molar-refractivity contribution in [2.45, 2.75) is 31.9 Å². The van der Waals surface area contributed by atoms with Crippen LogP contribution in [0.3, 0.4) is 0 Å². The summed E-state index contributed by atoms with van der Waals surface area (Å²) in [6.07, 6.45) is 4.61. The van der Waals surface area contributed by atoms with Gasteiger partial charge in [-0.15, -0.1) is 0 Å². The molecule has 2 atom stereocenters. The second-order valence-corrected chi connectivity index (χ2v) is 7.15. The Kier molecular flexibility index (Phi) is 3.55. The maximum atomic E-state index is 6.27. The number of rotatable bonds is 3. The molecule has 1 aromatic carbocycles. The Morgan fingerprint density at radius 3 is 2.60 bits per heavy atom. The standard InChI is InChI=1S/C20H22N2O3/c1-13-20(14-6-8-22(13)9-7-14)25-19-5-3-16(11-21-19)15-2-4-17-18(10-15)24-12-23-17/h2-5,10-11,13-14,20H,6-9,12H2,1H3. The summed E-state index contributed by atoms with van der Waals surface area (Å²) in [6, 6.07) is 10.5. The second kappa shape index (κ2) is 5.92. The highest BCUT2D eigenvalue weighted by Crippen LogP contribution is 2.37. The lowest BCUT2D eigenvalue weighted by Crippen LogP contribution is -2.58. The van der Waals surface area contributed by atoms with Crippen molar-refractivity contribution in [3.63, 3.8) is 0 Å². The molecule has 0 spiro atoms. The van der Waals surface area contributed by atoms with Crippen LogP contribution >= 0.6 is 0 Å². The number of pyridine rings is 1. The van der Waals surface area contributed by atoms with Crippen molar-refractivity contribution < 1.29 is 14.2 Å². The molecule has 0 N–H and O–H groups in total. The van der Waals surface area contributed by atoms with Gasteiger partial charge in [0.1, 0.15) is 6.10 Å². The number of aromatic nitrogens is 1. The predicted molar refractivity (Wildman–Crippen MR) is 94.0 cm³/mol. The molecular weight excluding hydrogens is 316 g/mol. The smallest absolute Gasteiger partial charge is 0.231 e. The number of piperidine rings is 3. The Balaban J connectivity index is 1.33. The SMILES string of the molecule is CC1C(Oc2ccc(-c3ccc4c(c3)OCO4)cn2)C2CCN1CC2. The minimum atomic E-state index is 0.256. The third-order valence-electron chi connectivity index (χ3n) is 5.79. The monoisotopic (exact) mass is 338 g/mol. The summed E-state index contributed by atoms with van der Waals surface area (Å²) in [7, 11) is 0. The molecule has 5 heterocycles. The van der Waals surface area contributed by atoms with E-state index >= 15 is 0 Å². The zero-order chi connectivity index (χ0) is 16.8. The highest BCUT2D eigenvalue weighted by atomic mass is 16.7. The third-order valence-corrected chi connectivity index (χ3v) is 5.79. The van der Waals surface area contributed by atoms with Crippen molar-refractivity contribution in [1.29, 1.82) is 0 Å². The topological polar surface area (TPSA) is 43.8 Å². The van der Waals surface area contributed by atoms with Gasteiger partial charge in [-0.25, -0.2) is 4.98 Å². The molecule has 6 rings (SSSR count). The van der Waals surface area contributed by atoms with Crippen molar-refractivity contribution >= 4 is 0 Å². The lowest BCUT2D eigenvalue weighted by Gasteiger charge is -2.49. The zero-order valence-electron chi connectivity index (χ0n) is 14.4. The third kappa shape index (κ3) is 2.63. The minimum Gasteiger partial charge on any atom is -0.472 e. The van der Waals surface area contributed by atoms with Gasteiger partial charge in [0.2, 0.25) is 12.7 Å². The highest BCUT2D eigenvalue weighted by Gasteiger charge is 2.41. The van der Waals surface area contributed by atoms with Crippen LogP contribution in [0.1, 0.15) is 19.8 Å². The van der Waals surface area contributed by atoms with Crippen LogP contribution < -0.4 is 14.2 Å². The summed E-state index contributed by atoms with van der Waals surface area (Å²) in [5.74, 6) is 2.97. The summed E-state index contributed by atoms with van der Waals surface area (Å²) >= 11 is 0. The quantitative estimate of drug-likeness (QED) is 0.859. The van der Waals surface area contributed by atoms with Crippen molar-refractivity contribution in [2.24, 2.45) is 5.92 Å². The Bertz CT molecular complexity index is 767. The number of benzene rings is 1. The first-order valence-corrected chi connectivity index (χ1v) is 9.05. The minimum absolute atomic E-state index is 0.256. The lowest BCUT2D eigenvalue weighted by atomic mass is 9.81. The van der Waals surface area contributed by atoms with Gasteiger partial charge in [-0.3, -0.25) is 4.90 Å².